The average molecular weight is 337 g/mol. The summed E-state index contributed by atoms with van der Waals surface area (Å²) in [5, 5.41) is 12.4. The fourth-order valence-electron chi connectivity index (χ4n) is 2.67. The molecule has 3 nitrogen and oxygen atoms in total. The van der Waals surface area contributed by atoms with Crippen LogP contribution in [0.2, 0.25) is 5.02 Å². The van der Waals surface area contributed by atoms with Crippen LogP contribution >= 0.6 is 11.6 Å². The highest BCUT2D eigenvalue weighted by molar-refractivity contribution is 6.33. The molecular weight excluding hydrogens is 312 g/mol. The van der Waals surface area contributed by atoms with Crippen molar-refractivity contribution >= 4 is 22.4 Å². The normalized spacial score (nSPS) is 12.3. The van der Waals surface area contributed by atoms with Gasteiger partial charge in [0.2, 0.25) is 0 Å². The summed E-state index contributed by atoms with van der Waals surface area (Å²) >= 11 is 6.33. The van der Waals surface area contributed by atoms with Crippen molar-refractivity contribution in [3.05, 3.63) is 35.4 Å². The first-order valence-corrected chi connectivity index (χ1v) is 8.61. The van der Waals surface area contributed by atoms with Crippen LogP contribution in [-0.2, 0) is 0 Å². The fourth-order valence-corrected chi connectivity index (χ4v) is 2.92. The largest absolute Gasteiger partial charge is 0.496 e. The molecule has 2 aromatic rings. The second kappa shape index (κ2) is 8.99. The Bertz CT molecular complexity index is 627. The SMILES string of the molecule is CCCCCCC(O)COc1c(Cl)cc(OC)c2ccccc12. The maximum absolute atomic E-state index is 10.1. The zero-order valence-electron chi connectivity index (χ0n) is 13.8. The van der Waals surface area contributed by atoms with Gasteiger partial charge in [0.05, 0.1) is 18.2 Å². The number of hydrogen-bond donors (Lipinski definition) is 1. The van der Waals surface area contributed by atoms with E-state index in [-0.39, 0.29) is 6.61 Å². The smallest absolute Gasteiger partial charge is 0.146 e. The van der Waals surface area contributed by atoms with E-state index in [0.717, 1.165) is 35.8 Å². The molecule has 0 bridgehead atoms. The van der Waals surface area contributed by atoms with Crippen molar-refractivity contribution in [3.63, 3.8) is 0 Å². The van der Waals surface area contributed by atoms with E-state index in [2.05, 4.69) is 6.92 Å². The van der Waals surface area contributed by atoms with Crippen LogP contribution in [0.25, 0.3) is 10.8 Å². The van der Waals surface area contributed by atoms with Crippen LogP contribution in [0.15, 0.2) is 30.3 Å². The van der Waals surface area contributed by atoms with Gasteiger partial charge >= 0.3 is 0 Å². The van der Waals surface area contributed by atoms with E-state index >= 15 is 0 Å². The Balaban J connectivity index is 2.07. The van der Waals surface area contributed by atoms with Crippen LogP contribution in [0.3, 0.4) is 0 Å². The molecule has 0 fully saturated rings. The Labute approximate surface area is 143 Å². The minimum Gasteiger partial charge on any atom is -0.496 e. The Hall–Kier alpha value is -1.45. The Kier molecular flexibility index (Phi) is 7.00. The Morgan fingerprint density at radius 3 is 2.57 bits per heavy atom. The van der Waals surface area contributed by atoms with Crippen LogP contribution in [0.1, 0.15) is 39.0 Å². The predicted octanol–water partition coefficient (Wildman–Crippen LogP) is 5.21. The molecule has 0 saturated heterocycles. The number of aliphatic hydroxyl groups excluding tert-OH is 1. The zero-order chi connectivity index (χ0) is 16.7. The van der Waals surface area contributed by atoms with Gasteiger partial charge in [-0.1, -0.05) is 68.5 Å². The van der Waals surface area contributed by atoms with Gasteiger partial charge in [-0.25, -0.2) is 0 Å². The van der Waals surface area contributed by atoms with E-state index in [1.165, 1.54) is 12.8 Å². The van der Waals surface area contributed by atoms with E-state index < -0.39 is 6.10 Å². The molecule has 0 aliphatic heterocycles. The third-order valence-corrected chi connectivity index (χ3v) is 4.22. The topological polar surface area (TPSA) is 38.7 Å². The van der Waals surface area contributed by atoms with Gasteiger partial charge < -0.3 is 14.6 Å². The fraction of sp³-hybridized carbons (Fsp3) is 0.474. The number of ether oxygens (including phenoxy) is 2. The summed E-state index contributed by atoms with van der Waals surface area (Å²) in [7, 11) is 1.62. The molecule has 2 aromatic carbocycles. The number of unbranched alkanes of at least 4 members (excludes halogenated alkanes) is 3. The summed E-state index contributed by atoms with van der Waals surface area (Å²) in [4.78, 5) is 0. The highest BCUT2D eigenvalue weighted by Crippen LogP contribution is 2.39. The zero-order valence-corrected chi connectivity index (χ0v) is 14.6. The van der Waals surface area contributed by atoms with Gasteiger partial charge in [-0.05, 0) is 6.42 Å². The lowest BCUT2D eigenvalue weighted by Gasteiger charge is -2.16. The monoisotopic (exact) mass is 336 g/mol. The molecule has 0 aliphatic rings. The van der Waals surface area contributed by atoms with Crippen molar-refractivity contribution in [2.45, 2.75) is 45.1 Å². The van der Waals surface area contributed by atoms with Crippen molar-refractivity contribution in [2.24, 2.45) is 0 Å². The molecule has 2 rings (SSSR count). The molecular formula is C19H25ClO3. The lowest BCUT2D eigenvalue weighted by Crippen LogP contribution is -2.17. The van der Waals surface area contributed by atoms with Crippen LogP contribution in [0.5, 0.6) is 11.5 Å². The first-order chi connectivity index (χ1) is 11.2. The highest BCUT2D eigenvalue weighted by Gasteiger charge is 2.14. The van der Waals surface area contributed by atoms with Crippen molar-refractivity contribution < 1.29 is 14.6 Å². The summed E-state index contributed by atoms with van der Waals surface area (Å²) in [5.41, 5.74) is 0. The Morgan fingerprint density at radius 1 is 1.13 bits per heavy atom. The highest BCUT2D eigenvalue weighted by atomic mass is 35.5. The molecule has 1 unspecified atom stereocenters. The molecule has 0 heterocycles. The van der Waals surface area contributed by atoms with Crippen molar-refractivity contribution in [1.82, 2.24) is 0 Å². The molecule has 1 N–H and O–H groups in total. The number of rotatable bonds is 9. The lowest BCUT2D eigenvalue weighted by molar-refractivity contribution is 0.0983. The van der Waals surface area contributed by atoms with Crippen molar-refractivity contribution in [2.75, 3.05) is 13.7 Å². The predicted molar refractivity (Wildman–Crippen MR) is 95.8 cm³/mol. The summed E-state index contributed by atoms with van der Waals surface area (Å²) in [6.07, 6.45) is 4.87. The molecule has 0 radical (unpaired) electrons. The molecule has 0 spiro atoms. The van der Waals surface area contributed by atoms with Gasteiger partial charge in [0.15, 0.2) is 0 Å². The first-order valence-electron chi connectivity index (χ1n) is 8.23. The van der Waals surface area contributed by atoms with E-state index in [1.54, 1.807) is 13.2 Å². The van der Waals surface area contributed by atoms with Gasteiger partial charge in [-0.2, -0.15) is 0 Å². The van der Waals surface area contributed by atoms with Crippen LogP contribution in [0.4, 0.5) is 0 Å². The maximum atomic E-state index is 10.1. The summed E-state index contributed by atoms with van der Waals surface area (Å²) in [5.74, 6) is 1.33. The average Bonchev–Trinajstić information content (AvgIpc) is 2.57. The first kappa shape index (κ1) is 17.9. The minimum absolute atomic E-state index is 0.252. The van der Waals surface area contributed by atoms with Gasteiger partial charge in [-0.3, -0.25) is 0 Å². The third kappa shape index (κ3) is 4.76. The number of benzene rings is 2. The van der Waals surface area contributed by atoms with E-state index in [4.69, 9.17) is 21.1 Å². The molecule has 126 valence electrons. The second-order valence-electron chi connectivity index (χ2n) is 5.75. The second-order valence-corrected chi connectivity index (χ2v) is 6.16. The minimum atomic E-state index is -0.469. The van der Waals surface area contributed by atoms with Gasteiger partial charge in [0, 0.05) is 16.8 Å². The lowest BCUT2D eigenvalue weighted by atomic mass is 10.1. The quantitative estimate of drug-likeness (QED) is 0.639. The molecule has 0 amide bonds. The Morgan fingerprint density at radius 2 is 1.87 bits per heavy atom. The summed E-state index contributed by atoms with van der Waals surface area (Å²) in [6.45, 7) is 2.43. The number of methoxy groups -OCH3 is 1. The summed E-state index contributed by atoms with van der Waals surface area (Å²) < 4.78 is 11.2. The molecule has 0 aliphatic carbocycles. The van der Waals surface area contributed by atoms with Gasteiger partial charge in [-0.15, -0.1) is 0 Å². The van der Waals surface area contributed by atoms with E-state index in [9.17, 15) is 5.11 Å². The van der Waals surface area contributed by atoms with Crippen LogP contribution < -0.4 is 9.47 Å². The third-order valence-electron chi connectivity index (χ3n) is 3.94. The molecule has 0 aromatic heterocycles. The number of halogens is 1. The van der Waals surface area contributed by atoms with Crippen molar-refractivity contribution in [1.29, 1.82) is 0 Å². The molecule has 1 atom stereocenters. The van der Waals surface area contributed by atoms with E-state index in [0.29, 0.717) is 10.8 Å². The summed E-state index contributed by atoms with van der Waals surface area (Å²) in [6, 6.07) is 9.56. The van der Waals surface area contributed by atoms with Crippen LogP contribution in [0, 0.1) is 0 Å². The molecule has 4 heteroatoms. The maximum Gasteiger partial charge on any atom is 0.146 e. The van der Waals surface area contributed by atoms with Crippen LogP contribution in [-0.4, -0.2) is 24.9 Å². The number of fused-ring (bicyclic) bond motifs is 1. The van der Waals surface area contributed by atoms with Gasteiger partial charge in [0.25, 0.3) is 0 Å². The van der Waals surface area contributed by atoms with Crippen molar-refractivity contribution in [3.8, 4) is 11.5 Å². The molecule has 23 heavy (non-hydrogen) atoms. The van der Waals surface area contributed by atoms with E-state index in [1.807, 2.05) is 24.3 Å². The van der Waals surface area contributed by atoms with Gasteiger partial charge in [0.1, 0.15) is 18.1 Å². The number of hydrogen-bond acceptors (Lipinski definition) is 3. The number of aliphatic hydroxyl groups is 1. The molecule has 0 saturated carbocycles. The standard InChI is InChI=1S/C19H25ClO3/c1-3-4-5-6-9-14(21)13-23-19-16-11-8-7-10-15(16)18(22-2)12-17(19)20/h7-8,10-12,14,21H,3-6,9,13H2,1-2H3.